The Balaban J connectivity index is 1.80. The summed E-state index contributed by atoms with van der Waals surface area (Å²) in [6.45, 7) is 5.26. The number of aromatic nitrogens is 2. The van der Waals surface area contributed by atoms with Gasteiger partial charge in [-0.2, -0.15) is 0 Å². The quantitative estimate of drug-likeness (QED) is 0.863. The fourth-order valence-electron chi connectivity index (χ4n) is 3.17. The molecule has 1 aliphatic heterocycles. The Hall–Kier alpha value is -2.47. The number of nitrogens with zero attached hydrogens (tertiary/aromatic N) is 3. The molecule has 1 N–H and O–H groups in total. The Morgan fingerprint density at radius 1 is 1.19 bits per heavy atom. The van der Waals surface area contributed by atoms with E-state index in [0.717, 1.165) is 54.9 Å². The Bertz CT molecular complexity index is 746. The molecule has 0 aliphatic carbocycles. The summed E-state index contributed by atoms with van der Waals surface area (Å²) in [5.74, 6) is 1.57. The van der Waals surface area contributed by atoms with Crippen molar-refractivity contribution in [1.29, 1.82) is 0 Å². The fraction of sp³-hybridized carbons (Fsp3) is 0.450. The van der Waals surface area contributed by atoms with E-state index in [-0.39, 0.29) is 5.91 Å². The first-order chi connectivity index (χ1) is 12.7. The van der Waals surface area contributed by atoms with Crippen LogP contribution in [0.2, 0.25) is 0 Å². The number of nitrogens with one attached hydrogen (secondary N) is 1. The number of amides is 1. The van der Waals surface area contributed by atoms with Crippen molar-refractivity contribution in [2.45, 2.75) is 32.7 Å². The molecule has 26 heavy (non-hydrogen) atoms. The second-order valence-electron chi connectivity index (χ2n) is 6.58. The van der Waals surface area contributed by atoms with Crippen LogP contribution in [0.1, 0.15) is 30.9 Å². The highest BCUT2D eigenvalue weighted by Crippen LogP contribution is 2.29. The van der Waals surface area contributed by atoms with E-state index in [4.69, 9.17) is 4.74 Å². The Labute approximate surface area is 154 Å². The molecule has 0 radical (unpaired) electrons. The smallest absolute Gasteiger partial charge is 0.221 e. The molecule has 0 bridgehead atoms. The van der Waals surface area contributed by atoms with Gasteiger partial charge in [0.2, 0.25) is 5.91 Å². The lowest BCUT2D eigenvalue weighted by molar-refractivity contribution is -0.120. The van der Waals surface area contributed by atoms with Crippen LogP contribution >= 0.6 is 0 Å². The van der Waals surface area contributed by atoms with E-state index in [1.807, 2.05) is 18.5 Å². The largest absolute Gasteiger partial charge is 0.496 e. The minimum Gasteiger partial charge on any atom is -0.496 e. The van der Waals surface area contributed by atoms with Crippen LogP contribution in [0.5, 0.6) is 5.75 Å². The average Bonchev–Trinajstić information content (AvgIpc) is 2.87. The molecule has 3 rings (SSSR count). The zero-order chi connectivity index (χ0) is 18.4. The molecule has 6 heteroatoms. The summed E-state index contributed by atoms with van der Waals surface area (Å²) in [6, 6.07) is 6.12. The van der Waals surface area contributed by atoms with E-state index in [2.05, 4.69) is 39.2 Å². The summed E-state index contributed by atoms with van der Waals surface area (Å²) in [4.78, 5) is 22.9. The van der Waals surface area contributed by atoms with Crippen LogP contribution in [0.15, 0.2) is 30.6 Å². The van der Waals surface area contributed by atoms with Gasteiger partial charge in [-0.05, 0) is 29.7 Å². The minimum atomic E-state index is 0.128. The van der Waals surface area contributed by atoms with Crippen LogP contribution in [0.25, 0.3) is 11.4 Å². The molecule has 0 unspecified atom stereocenters. The first kappa shape index (κ1) is 18.3. The van der Waals surface area contributed by atoms with Crippen LogP contribution in [-0.2, 0) is 17.8 Å². The molecule has 2 heterocycles. The van der Waals surface area contributed by atoms with Crippen molar-refractivity contribution in [1.82, 2.24) is 20.2 Å². The minimum absolute atomic E-state index is 0.128. The standard InChI is InChI=1S/C20H26N4O2/c1-3-4-16-12-22-20(23-13-16)17-11-15(5-6-18(17)26-2)14-24-9-7-19(25)21-8-10-24/h5-6,11-13H,3-4,7-10,14H2,1-2H3,(H,21,25). The topological polar surface area (TPSA) is 67.4 Å². The van der Waals surface area contributed by atoms with Crippen molar-refractivity contribution in [3.8, 4) is 17.1 Å². The number of rotatable bonds is 6. The molecule has 1 fully saturated rings. The molecule has 1 aromatic heterocycles. The molecule has 138 valence electrons. The predicted molar refractivity (Wildman–Crippen MR) is 101 cm³/mol. The summed E-state index contributed by atoms with van der Waals surface area (Å²) < 4.78 is 5.51. The van der Waals surface area contributed by atoms with Crippen LogP contribution in [0.3, 0.4) is 0 Å². The molecule has 1 aromatic carbocycles. The molecule has 1 saturated heterocycles. The average molecular weight is 354 g/mol. The molecule has 0 spiro atoms. The predicted octanol–water partition coefficient (Wildman–Crippen LogP) is 2.43. The Morgan fingerprint density at radius 3 is 2.73 bits per heavy atom. The Kier molecular flexibility index (Phi) is 6.17. The maximum absolute atomic E-state index is 11.5. The molecule has 0 saturated carbocycles. The van der Waals surface area contributed by atoms with Crippen molar-refractivity contribution < 1.29 is 9.53 Å². The van der Waals surface area contributed by atoms with Gasteiger partial charge in [-0.3, -0.25) is 9.69 Å². The first-order valence-electron chi connectivity index (χ1n) is 9.17. The van der Waals surface area contributed by atoms with Crippen LogP contribution < -0.4 is 10.1 Å². The molecule has 1 amide bonds. The summed E-state index contributed by atoms with van der Waals surface area (Å²) in [7, 11) is 1.66. The lowest BCUT2D eigenvalue weighted by Gasteiger charge is -2.19. The number of carbonyl (C=O) groups is 1. The van der Waals surface area contributed by atoms with Crippen LogP contribution in [0, 0.1) is 0 Å². The zero-order valence-corrected chi connectivity index (χ0v) is 15.5. The van der Waals surface area contributed by atoms with Gasteiger partial charge in [0.15, 0.2) is 5.82 Å². The number of ether oxygens (including phenoxy) is 1. The summed E-state index contributed by atoms with van der Waals surface area (Å²) in [5.41, 5.74) is 3.21. The number of hydrogen-bond acceptors (Lipinski definition) is 5. The second kappa shape index (κ2) is 8.76. The van der Waals surface area contributed by atoms with Gasteiger partial charge in [-0.25, -0.2) is 9.97 Å². The molecular formula is C20H26N4O2. The van der Waals surface area contributed by atoms with Crippen LogP contribution in [0.4, 0.5) is 0 Å². The third-order valence-corrected chi connectivity index (χ3v) is 4.56. The number of hydrogen-bond donors (Lipinski definition) is 1. The van der Waals surface area contributed by atoms with Crippen LogP contribution in [-0.4, -0.2) is 47.5 Å². The van der Waals surface area contributed by atoms with E-state index in [1.165, 1.54) is 0 Å². The lowest BCUT2D eigenvalue weighted by Crippen LogP contribution is -2.28. The maximum Gasteiger partial charge on any atom is 0.221 e. The molecule has 6 nitrogen and oxygen atoms in total. The third kappa shape index (κ3) is 4.58. The zero-order valence-electron chi connectivity index (χ0n) is 15.5. The molecule has 0 atom stereocenters. The Morgan fingerprint density at radius 2 is 2.00 bits per heavy atom. The van der Waals surface area contributed by atoms with Gasteiger partial charge < -0.3 is 10.1 Å². The van der Waals surface area contributed by atoms with E-state index < -0.39 is 0 Å². The fourth-order valence-corrected chi connectivity index (χ4v) is 3.17. The van der Waals surface area contributed by atoms with Gasteiger partial charge >= 0.3 is 0 Å². The van der Waals surface area contributed by atoms with Crippen molar-refractivity contribution in [2.75, 3.05) is 26.7 Å². The lowest BCUT2D eigenvalue weighted by atomic mass is 10.1. The summed E-state index contributed by atoms with van der Waals surface area (Å²) in [5, 5.41) is 2.91. The molecule has 2 aromatic rings. The van der Waals surface area contributed by atoms with Gasteiger partial charge in [0.05, 0.1) is 12.7 Å². The van der Waals surface area contributed by atoms with Gasteiger partial charge in [-0.1, -0.05) is 19.4 Å². The second-order valence-corrected chi connectivity index (χ2v) is 6.58. The van der Waals surface area contributed by atoms with Gasteiger partial charge in [-0.15, -0.1) is 0 Å². The summed E-state index contributed by atoms with van der Waals surface area (Å²) in [6.07, 6.45) is 6.40. The summed E-state index contributed by atoms with van der Waals surface area (Å²) >= 11 is 0. The van der Waals surface area contributed by atoms with Crippen molar-refractivity contribution >= 4 is 5.91 Å². The van der Waals surface area contributed by atoms with Gasteiger partial charge in [0.1, 0.15) is 5.75 Å². The molecule has 1 aliphatic rings. The highest BCUT2D eigenvalue weighted by atomic mass is 16.5. The number of methoxy groups -OCH3 is 1. The first-order valence-corrected chi connectivity index (χ1v) is 9.17. The van der Waals surface area contributed by atoms with Gasteiger partial charge in [0.25, 0.3) is 0 Å². The van der Waals surface area contributed by atoms with E-state index in [1.54, 1.807) is 7.11 Å². The number of aryl methyl sites for hydroxylation is 1. The van der Waals surface area contributed by atoms with E-state index in [0.29, 0.717) is 18.8 Å². The third-order valence-electron chi connectivity index (χ3n) is 4.56. The van der Waals surface area contributed by atoms with Crippen molar-refractivity contribution in [3.63, 3.8) is 0 Å². The monoisotopic (exact) mass is 354 g/mol. The SMILES string of the molecule is CCCc1cnc(-c2cc(CN3CCNC(=O)CC3)ccc2OC)nc1. The van der Waals surface area contributed by atoms with E-state index >= 15 is 0 Å². The van der Waals surface area contributed by atoms with E-state index in [9.17, 15) is 4.79 Å². The van der Waals surface area contributed by atoms with Crippen molar-refractivity contribution in [3.05, 3.63) is 41.7 Å². The highest BCUT2D eigenvalue weighted by molar-refractivity contribution is 5.76. The number of benzene rings is 1. The van der Waals surface area contributed by atoms with Crippen molar-refractivity contribution in [2.24, 2.45) is 0 Å². The maximum atomic E-state index is 11.5. The number of carbonyl (C=O) groups excluding carboxylic acids is 1. The highest BCUT2D eigenvalue weighted by Gasteiger charge is 2.15. The van der Waals surface area contributed by atoms with Gasteiger partial charge in [0, 0.05) is 45.0 Å². The normalized spacial score (nSPS) is 15.4. The molecular weight excluding hydrogens is 328 g/mol.